The van der Waals surface area contributed by atoms with Gasteiger partial charge in [0.15, 0.2) is 0 Å². The topological polar surface area (TPSA) is 35.6 Å². The molecule has 4 nitrogen and oxygen atoms in total. The normalized spacial score (nSPS) is 18.8. The molecular formula is C19H22FN3OS. The molecule has 1 aromatic carbocycles. The number of likely N-dealkylation sites (tertiary alicyclic amines) is 1. The molecule has 1 N–H and O–H groups in total. The van der Waals surface area contributed by atoms with Crippen LogP contribution in [0.15, 0.2) is 35.7 Å². The van der Waals surface area contributed by atoms with Crippen LogP contribution in [0.25, 0.3) is 0 Å². The first-order valence-electron chi connectivity index (χ1n) is 8.80. The van der Waals surface area contributed by atoms with E-state index in [4.69, 9.17) is 0 Å². The number of thiophene rings is 1. The van der Waals surface area contributed by atoms with E-state index < -0.39 is 5.82 Å². The maximum atomic E-state index is 13.7. The number of amides is 2. The Bertz CT molecular complexity index is 755. The second kappa shape index (κ2) is 7.14. The van der Waals surface area contributed by atoms with Crippen molar-refractivity contribution in [2.24, 2.45) is 0 Å². The van der Waals surface area contributed by atoms with Crippen LogP contribution in [-0.4, -0.2) is 41.5 Å². The minimum Gasteiger partial charge on any atom is -0.324 e. The van der Waals surface area contributed by atoms with Crippen molar-refractivity contribution in [2.75, 3.05) is 25.0 Å². The third kappa shape index (κ3) is 3.55. The molecule has 0 saturated carbocycles. The molecule has 25 heavy (non-hydrogen) atoms. The van der Waals surface area contributed by atoms with E-state index in [2.05, 4.69) is 21.7 Å². The fourth-order valence-corrected chi connectivity index (χ4v) is 4.66. The summed E-state index contributed by atoms with van der Waals surface area (Å²) in [7, 11) is 0. The SMILES string of the molecule is O=C(Nc1ccccc1F)N1CCC(N2CCc3sccc3C2)CC1. The number of fused-ring (bicyclic) bond motifs is 1. The van der Waals surface area contributed by atoms with Crippen molar-refractivity contribution in [2.45, 2.75) is 31.8 Å². The predicted molar refractivity (Wildman–Crippen MR) is 98.4 cm³/mol. The van der Waals surface area contributed by atoms with Gasteiger partial charge in [0.1, 0.15) is 5.82 Å². The smallest absolute Gasteiger partial charge is 0.321 e. The summed E-state index contributed by atoms with van der Waals surface area (Å²) >= 11 is 1.86. The molecule has 1 aromatic heterocycles. The molecule has 2 amide bonds. The van der Waals surface area contributed by atoms with Crippen LogP contribution in [0.5, 0.6) is 0 Å². The summed E-state index contributed by atoms with van der Waals surface area (Å²) in [6.07, 6.45) is 3.09. The van der Waals surface area contributed by atoms with Crippen molar-refractivity contribution >= 4 is 23.1 Å². The van der Waals surface area contributed by atoms with Crippen LogP contribution in [0.4, 0.5) is 14.9 Å². The minimum absolute atomic E-state index is 0.206. The first-order chi connectivity index (χ1) is 12.2. The van der Waals surface area contributed by atoms with Crippen molar-refractivity contribution in [3.63, 3.8) is 0 Å². The van der Waals surface area contributed by atoms with Crippen molar-refractivity contribution < 1.29 is 9.18 Å². The van der Waals surface area contributed by atoms with Gasteiger partial charge < -0.3 is 10.2 Å². The van der Waals surface area contributed by atoms with E-state index in [-0.39, 0.29) is 11.7 Å². The molecule has 0 atom stereocenters. The second-order valence-corrected chi connectivity index (χ2v) is 7.72. The molecule has 0 unspecified atom stereocenters. The number of urea groups is 1. The number of nitrogens with one attached hydrogen (secondary N) is 1. The Morgan fingerprint density at radius 2 is 1.96 bits per heavy atom. The van der Waals surface area contributed by atoms with Gasteiger partial charge in [-0.3, -0.25) is 4.90 Å². The van der Waals surface area contributed by atoms with Gasteiger partial charge in [0.25, 0.3) is 0 Å². The Kier molecular flexibility index (Phi) is 4.72. The molecule has 2 aliphatic heterocycles. The fourth-order valence-electron chi connectivity index (χ4n) is 3.77. The molecule has 132 valence electrons. The van der Waals surface area contributed by atoms with Crippen molar-refractivity contribution in [3.05, 3.63) is 52.0 Å². The molecule has 0 spiro atoms. The van der Waals surface area contributed by atoms with Crippen LogP contribution in [-0.2, 0) is 13.0 Å². The number of hydrogen-bond donors (Lipinski definition) is 1. The largest absolute Gasteiger partial charge is 0.324 e. The fraction of sp³-hybridized carbons (Fsp3) is 0.421. The number of nitrogens with zero attached hydrogens (tertiary/aromatic N) is 2. The van der Waals surface area contributed by atoms with Crippen molar-refractivity contribution in [1.82, 2.24) is 9.80 Å². The number of halogens is 1. The van der Waals surface area contributed by atoms with Gasteiger partial charge in [0.2, 0.25) is 0 Å². The lowest BCUT2D eigenvalue weighted by molar-refractivity contribution is 0.111. The number of benzene rings is 1. The first-order valence-corrected chi connectivity index (χ1v) is 9.68. The Balaban J connectivity index is 1.31. The Hall–Kier alpha value is -1.92. The molecule has 2 aliphatic rings. The summed E-state index contributed by atoms with van der Waals surface area (Å²) in [5.74, 6) is -0.398. The minimum atomic E-state index is -0.398. The average Bonchev–Trinajstić information content (AvgIpc) is 3.11. The highest BCUT2D eigenvalue weighted by molar-refractivity contribution is 7.10. The van der Waals surface area contributed by atoms with E-state index >= 15 is 0 Å². The van der Waals surface area contributed by atoms with Gasteiger partial charge in [-0.2, -0.15) is 0 Å². The summed E-state index contributed by atoms with van der Waals surface area (Å²) in [6, 6.07) is 8.85. The van der Waals surface area contributed by atoms with Gasteiger partial charge in [-0.05, 0) is 48.4 Å². The standard InChI is InChI=1S/C19H22FN3OS/c20-16-3-1-2-4-17(16)21-19(24)22-9-5-15(6-10-22)23-11-7-18-14(13-23)8-12-25-18/h1-4,8,12,15H,5-7,9-11,13H2,(H,21,24). The first kappa shape index (κ1) is 16.5. The van der Waals surface area contributed by atoms with Crippen LogP contribution in [0.3, 0.4) is 0 Å². The molecule has 0 radical (unpaired) electrons. The van der Waals surface area contributed by atoms with Crippen LogP contribution >= 0.6 is 11.3 Å². The van der Waals surface area contributed by atoms with Gasteiger partial charge >= 0.3 is 6.03 Å². The highest BCUT2D eigenvalue weighted by atomic mass is 32.1. The lowest BCUT2D eigenvalue weighted by Crippen LogP contribution is -2.48. The molecule has 0 aliphatic carbocycles. The van der Waals surface area contributed by atoms with E-state index in [1.807, 2.05) is 11.3 Å². The zero-order valence-corrected chi connectivity index (χ0v) is 14.9. The predicted octanol–water partition coefficient (Wildman–Crippen LogP) is 3.94. The maximum absolute atomic E-state index is 13.7. The highest BCUT2D eigenvalue weighted by Crippen LogP contribution is 2.28. The van der Waals surface area contributed by atoms with E-state index in [1.54, 1.807) is 23.1 Å². The number of hydrogen-bond acceptors (Lipinski definition) is 3. The number of carbonyl (C=O) groups is 1. The third-order valence-electron chi connectivity index (χ3n) is 5.22. The Labute approximate surface area is 151 Å². The number of carbonyl (C=O) groups excluding carboxylic acids is 1. The Morgan fingerprint density at radius 3 is 2.76 bits per heavy atom. The van der Waals surface area contributed by atoms with Gasteiger partial charge in [-0.1, -0.05) is 12.1 Å². The van der Waals surface area contributed by atoms with Crippen LogP contribution in [0, 0.1) is 5.82 Å². The molecule has 4 rings (SSSR count). The molecular weight excluding hydrogens is 337 g/mol. The lowest BCUT2D eigenvalue weighted by Gasteiger charge is -2.40. The molecule has 1 fully saturated rings. The highest BCUT2D eigenvalue weighted by Gasteiger charge is 2.29. The number of anilines is 1. The molecule has 0 bridgehead atoms. The molecule has 2 aromatic rings. The number of piperidine rings is 1. The van der Waals surface area contributed by atoms with Gasteiger partial charge in [-0.25, -0.2) is 9.18 Å². The quantitative estimate of drug-likeness (QED) is 0.881. The van der Waals surface area contributed by atoms with Gasteiger partial charge in [0, 0.05) is 37.1 Å². The molecule has 1 saturated heterocycles. The monoisotopic (exact) mass is 359 g/mol. The summed E-state index contributed by atoms with van der Waals surface area (Å²) in [4.78, 5) is 18.2. The molecule has 3 heterocycles. The Morgan fingerprint density at radius 1 is 1.16 bits per heavy atom. The van der Waals surface area contributed by atoms with E-state index in [0.29, 0.717) is 6.04 Å². The summed E-state index contributed by atoms with van der Waals surface area (Å²) in [5, 5.41) is 4.87. The van der Waals surface area contributed by atoms with E-state index in [1.165, 1.54) is 16.5 Å². The lowest BCUT2D eigenvalue weighted by atomic mass is 10.00. The zero-order chi connectivity index (χ0) is 17.2. The number of para-hydroxylation sites is 1. The average molecular weight is 359 g/mol. The van der Waals surface area contributed by atoms with E-state index in [0.717, 1.165) is 45.4 Å². The second-order valence-electron chi connectivity index (χ2n) is 6.72. The van der Waals surface area contributed by atoms with Crippen molar-refractivity contribution in [3.8, 4) is 0 Å². The summed E-state index contributed by atoms with van der Waals surface area (Å²) in [5.41, 5.74) is 1.71. The van der Waals surface area contributed by atoms with Gasteiger partial charge in [-0.15, -0.1) is 11.3 Å². The van der Waals surface area contributed by atoms with Crippen LogP contribution < -0.4 is 5.32 Å². The summed E-state index contributed by atoms with van der Waals surface area (Å²) in [6.45, 7) is 3.58. The van der Waals surface area contributed by atoms with E-state index in [9.17, 15) is 9.18 Å². The third-order valence-corrected chi connectivity index (χ3v) is 6.24. The number of rotatable bonds is 2. The van der Waals surface area contributed by atoms with Crippen molar-refractivity contribution in [1.29, 1.82) is 0 Å². The van der Waals surface area contributed by atoms with Crippen LogP contribution in [0.1, 0.15) is 23.3 Å². The van der Waals surface area contributed by atoms with Crippen LogP contribution in [0.2, 0.25) is 0 Å². The summed E-state index contributed by atoms with van der Waals surface area (Å²) < 4.78 is 13.7. The zero-order valence-electron chi connectivity index (χ0n) is 14.1. The van der Waals surface area contributed by atoms with Gasteiger partial charge in [0.05, 0.1) is 5.69 Å². The molecule has 6 heteroatoms. The maximum Gasteiger partial charge on any atom is 0.321 e.